The largest absolute Gasteiger partial charge is 0.458 e. The van der Waals surface area contributed by atoms with E-state index in [0.717, 1.165) is 6.42 Å². The molecule has 0 aromatic heterocycles. The van der Waals surface area contributed by atoms with Crippen LogP contribution in [0.1, 0.15) is 34.1 Å². The lowest BCUT2D eigenvalue weighted by Gasteiger charge is -2.30. The molecule has 0 fully saturated rings. The molecule has 1 aliphatic carbocycles. The second-order valence-corrected chi connectivity index (χ2v) is 4.81. The highest BCUT2D eigenvalue weighted by Gasteiger charge is 2.33. The van der Waals surface area contributed by atoms with E-state index in [1.165, 1.54) is 18.6 Å². The smallest absolute Gasteiger partial charge is 0.303 e. The summed E-state index contributed by atoms with van der Waals surface area (Å²) in [5.41, 5.74) is 1.21. The van der Waals surface area contributed by atoms with E-state index < -0.39 is 0 Å². The molecule has 17 heavy (non-hydrogen) atoms. The monoisotopic (exact) mass is 236 g/mol. The van der Waals surface area contributed by atoms with Crippen LogP contribution in [0, 0.1) is 11.8 Å². The van der Waals surface area contributed by atoms with Gasteiger partial charge in [-0.05, 0) is 32.4 Å². The third kappa shape index (κ3) is 3.84. The summed E-state index contributed by atoms with van der Waals surface area (Å²) in [4.78, 5) is 22.7. The Kier molecular flexibility index (Phi) is 4.67. The minimum atomic E-state index is -0.302. The summed E-state index contributed by atoms with van der Waals surface area (Å²) in [7, 11) is 0. The van der Waals surface area contributed by atoms with Gasteiger partial charge in [-0.25, -0.2) is 0 Å². The topological polar surface area (TPSA) is 43.4 Å². The number of hydrogen-bond acceptors (Lipinski definition) is 3. The lowest BCUT2D eigenvalue weighted by molar-refractivity contribution is -0.148. The molecule has 0 N–H and O–H groups in total. The highest BCUT2D eigenvalue weighted by molar-refractivity contribution is 5.92. The first kappa shape index (κ1) is 13.7. The fraction of sp³-hybridized carbons (Fsp3) is 0.571. The van der Waals surface area contributed by atoms with E-state index in [9.17, 15) is 9.59 Å². The fourth-order valence-electron chi connectivity index (χ4n) is 2.01. The Labute approximate surface area is 103 Å². The van der Waals surface area contributed by atoms with Crippen LogP contribution in [0.5, 0.6) is 0 Å². The summed E-state index contributed by atoms with van der Waals surface area (Å²) in [5, 5.41) is 0. The molecule has 0 aliphatic heterocycles. The second kappa shape index (κ2) is 5.80. The zero-order chi connectivity index (χ0) is 13.0. The van der Waals surface area contributed by atoms with Crippen LogP contribution in [0.15, 0.2) is 23.8 Å². The third-order valence-corrected chi connectivity index (χ3v) is 3.06. The number of rotatable bonds is 3. The molecule has 3 nitrogen and oxygen atoms in total. The molecule has 0 radical (unpaired) electrons. The number of allylic oxidation sites excluding steroid dienone is 3. The number of esters is 1. The normalized spacial score (nSPS) is 27.8. The van der Waals surface area contributed by atoms with Crippen LogP contribution >= 0.6 is 0 Å². The van der Waals surface area contributed by atoms with Crippen molar-refractivity contribution in [2.45, 2.75) is 40.2 Å². The molecule has 0 spiro atoms. The standard InChI is InChI=1S/C14H20O3/c1-9(2)5-6-12-10(3)13(16)7-8-14(12)17-11(4)15/h5,7-8,10,12,14H,6H2,1-4H3. The molecule has 94 valence electrons. The highest BCUT2D eigenvalue weighted by Crippen LogP contribution is 2.29. The first-order valence-electron chi connectivity index (χ1n) is 5.94. The first-order valence-corrected chi connectivity index (χ1v) is 5.94. The molecule has 0 aromatic rings. The summed E-state index contributed by atoms with van der Waals surface area (Å²) >= 11 is 0. The van der Waals surface area contributed by atoms with Gasteiger partial charge in [0.1, 0.15) is 6.10 Å². The molecule has 1 aliphatic rings. The summed E-state index contributed by atoms with van der Waals surface area (Å²) in [6.07, 6.45) is 5.79. The van der Waals surface area contributed by atoms with Gasteiger partial charge in [-0.3, -0.25) is 9.59 Å². The minimum absolute atomic E-state index is 0.0475. The van der Waals surface area contributed by atoms with E-state index in [1.807, 2.05) is 20.8 Å². The van der Waals surface area contributed by atoms with Gasteiger partial charge in [-0.1, -0.05) is 18.6 Å². The van der Waals surface area contributed by atoms with Crippen molar-refractivity contribution in [2.24, 2.45) is 11.8 Å². The van der Waals surface area contributed by atoms with Crippen LogP contribution in [0.2, 0.25) is 0 Å². The molecule has 0 saturated heterocycles. The molecule has 0 aromatic carbocycles. The average Bonchev–Trinajstić information content (AvgIpc) is 2.22. The molecular formula is C14H20O3. The van der Waals surface area contributed by atoms with E-state index in [-0.39, 0.29) is 29.7 Å². The molecule has 0 heterocycles. The van der Waals surface area contributed by atoms with Gasteiger partial charge < -0.3 is 4.74 Å². The predicted octanol–water partition coefficient (Wildman–Crippen LogP) is 2.67. The molecule has 0 amide bonds. The van der Waals surface area contributed by atoms with Crippen molar-refractivity contribution < 1.29 is 14.3 Å². The van der Waals surface area contributed by atoms with E-state index in [2.05, 4.69) is 6.08 Å². The molecule has 3 heteroatoms. The van der Waals surface area contributed by atoms with E-state index >= 15 is 0 Å². The molecule has 3 atom stereocenters. The summed E-state index contributed by atoms with van der Waals surface area (Å²) in [6.45, 7) is 7.33. The van der Waals surface area contributed by atoms with Gasteiger partial charge >= 0.3 is 5.97 Å². The minimum Gasteiger partial charge on any atom is -0.458 e. The van der Waals surface area contributed by atoms with Crippen molar-refractivity contribution in [1.82, 2.24) is 0 Å². The molecular weight excluding hydrogens is 216 g/mol. The van der Waals surface area contributed by atoms with Crippen molar-refractivity contribution in [1.29, 1.82) is 0 Å². The maximum atomic E-state index is 11.6. The third-order valence-electron chi connectivity index (χ3n) is 3.06. The summed E-state index contributed by atoms with van der Waals surface area (Å²) < 4.78 is 5.25. The first-order chi connectivity index (χ1) is 7.91. The lowest BCUT2D eigenvalue weighted by atomic mass is 9.79. The Balaban J connectivity index is 2.84. The zero-order valence-corrected chi connectivity index (χ0v) is 10.9. The van der Waals surface area contributed by atoms with Gasteiger partial charge in [0, 0.05) is 18.8 Å². The van der Waals surface area contributed by atoms with Crippen LogP contribution in [-0.2, 0) is 14.3 Å². The number of ether oxygens (including phenoxy) is 1. The Morgan fingerprint density at radius 2 is 2.06 bits per heavy atom. The Bertz CT molecular complexity index is 362. The van der Waals surface area contributed by atoms with E-state index in [1.54, 1.807) is 6.08 Å². The van der Waals surface area contributed by atoms with Crippen molar-refractivity contribution >= 4 is 11.8 Å². The maximum absolute atomic E-state index is 11.6. The molecule has 0 bridgehead atoms. The maximum Gasteiger partial charge on any atom is 0.303 e. The van der Waals surface area contributed by atoms with Gasteiger partial charge in [0.15, 0.2) is 5.78 Å². The van der Waals surface area contributed by atoms with Crippen LogP contribution in [-0.4, -0.2) is 17.9 Å². The predicted molar refractivity (Wildman–Crippen MR) is 66.4 cm³/mol. The van der Waals surface area contributed by atoms with Crippen molar-refractivity contribution in [3.8, 4) is 0 Å². The van der Waals surface area contributed by atoms with Crippen LogP contribution < -0.4 is 0 Å². The van der Waals surface area contributed by atoms with E-state index in [0.29, 0.717) is 0 Å². The Morgan fingerprint density at radius 1 is 1.41 bits per heavy atom. The zero-order valence-electron chi connectivity index (χ0n) is 10.9. The Morgan fingerprint density at radius 3 is 2.59 bits per heavy atom. The van der Waals surface area contributed by atoms with Crippen LogP contribution in [0.4, 0.5) is 0 Å². The molecule has 1 rings (SSSR count). The molecule has 0 saturated carbocycles. The van der Waals surface area contributed by atoms with Crippen LogP contribution in [0.25, 0.3) is 0 Å². The summed E-state index contributed by atoms with van der Waals surface area (Å²) in [5.74, 6) is -0.241. The second-order valence-electron chi connectivity index (χ2n) is 4.81. The Hall–Kier alpha value is -1.38. The quantitative estimate of drug-likeness (QED) is 0.559. The van der Waals surface area contributed by atoms with Gasteiger partial charge in [0.25, 0.3) is 0 Å². The van der Waals surface area contributed by atoms with Crippen molar-refractivity contribution in [3.63, 3.8) is 0 Å². The fourth-order valence-corrected chi connectivity index (χ4v) is 2.01. The van der Waals surface area contributed by atoms with Gasteiger partial charge in [-0.2, -0.15) is 0 Å². The van der Waals surface area contributed by atoms with Gasteiger partial charge in [-0.15, -0.1) is 0 Å². The van der Waals surface area contributed by atoms with Crippen LogP contribution in [0.3, 0.4) is 0 Å². The number of carbonyl (C=O) groups excluding carboxylic acids is 2. The highest BCUT2D eigenvalue weighted by atomic mass is 16.5. The average molecular weight is 236 g/mol. The van der Waals surface area contributed by atoms with Crippen molar-refractivity contribution in [3.05, 3.63) is 23.8 Å². The van der Waals surface area contributed by atoms with Gasteiger partial charge in [0.2, 0.25) is 0 Å². The molecule has 3 unspecified atom stereocenters. The summed E-state index contributed by atoms with van der Waals surface area (Å²) in [6, 6.07) is 0. The number of ketones is 1. The van der Waals surface area contributed by atoms with Crippen molar-refractivity contribution in [2.75, 3.05) is 0 Å². The number of carbonyl (C=O) groups is 2. The SMILES string of the molecule is CC(=O)OC1C=CC(=O)C(C)C1CC=C(C)C. The van der Waals surface area contributed by atoms with Gasteiger partial charge in [0.05, 0.1) is 0 Å². The van der Waals surface area contributed by atoms with E-state index in [4.69, 9.17) is 4.74 Å². The number of hydrogen-bond donors (Lipinski definition) is 0. The lowest BCUT2D eigenvalue weighted by Crippen LogP contribution is -2.35.